The summed E-state index contributed by atoms with van der Waals surface area (Å²) in [7, 11) is -3.34. The molecular formula is C19H28N2O5S. The van der Waals surface area contributed by atoms with Crippen molar-refractivity contribution < 1.29 is 22.7 Å². The molecule has 8 heteroatoms. The van der Waals surface area contributed by atoms with Crippen LogP contribution in [0.4, 0.5) is 5.69 Å². The Hall–Kier alpha value is -1.48. The lowest BCUT2D eigenvalue weighted by atomic mass is 9.94. The second-order valence-corrected chi connectivity index (χ2v) is 9.44. The van der Waals surface area contributed by atoms with E-state index in [1.807, 2.05) is 6.92 Å². The number of anilines is 1. The third kappa shape index (κ3) is 4.87. The van der Waals surface area contributed by atoms with Crippen LogP contribution in [0.5, 0.6) is 0 Å². The molecule has 0 radical (unpaired) electrons. The highest BCUT2D eigenvalue weighted by molar-refractivity contribution is 7.91. The van der Waals surface area contributed by atoms with Crippen LogP contribution in [0.1, 0.15) is 26.7 Å². The number of carbonyl (C=O) groups is 1. The van der Waals surface area contributed by atoms with Gasteiger partial charge in [0.25, 0.3) is 0 Å². The molecule has 2 aliphatic heterocycles. The average Bonchev–Trinajstić information content (AvgIpc) is 2.94. The van der Waals surface area contributed by atoms with Crippen molar-refractivity contribution in [1.82, 2.24) is 4.90 Å². The van der Waals surface area contributed by atoms with Crippen LogP contribution in [0.2, 0.25) is 0 Å². The third-order valence-corrected chi connectivity index (χ3v) is 7.16. The maximum Gasteiger partial charge on any atom is 0.221 e. The van der Waals surface area contributed by atoms with Gasteiger partial charge in [-0.2, -0.15) is 0 Å². The van der Waals surface area contributed by atoms with Gasteiger partial charge in [-0.15, -0.1) is 0 Å². The number of hydrogen-bond donors (Lipinski definition) is 1. The SMILES string of the molecule is CC(=O)Nc1ccc(S(=O)(=O)CCCN2CCOC3(CCOC3C)C2)cc1. The van der Waals surface area contributed by atoms with Gasteiger partial charge >= 0.3 is 0 Å². The number of morpholine rings is 1. The van der Waals surface area contributed by atoms with E-state index >= 15 is 0 Å². The van der Waals surface area contributed by atoms with Crippen LogP contribution in [0.25, 0.3) is 0 Å². The first-order valence-corrected chi connectivity index (χ1v) is 11.0. The van der Waals surface area contributed by atoms with Crippen molar-refractivity contribution >= 4 is 21.4 Å². The Bertz CT molecular complexity index is 765. The van der Waals surface area contributed by atoms with E-state index < -0.39 is 9.84 Å². The van der Waals surface area contributed by atoms with E-state index in [4.69, 9.17) is 9.47 Å². The van der Waals surface area contributed by atoms with E-state index in [1.54, 1.807) is 24.3 Å². The van der Waals surface area contributed by atoms with E-state index in [2.05, 4.69) is 10.2 Å². The molecule has 0 aromatic heterocycles. The molecular weight excluding hydrogens is 368 g/mol. The van der Waals surface area contributed by atoms with Crippen molar-refractivity contribution in [2.24, 2.45) is 0 Å². The summed E-state index contributed by atoms with van der Waals surface area (Å²) in [6.45, 7) is 7.17. The first-order chi connectivity index (χ1) is 12.8. The first-order valence-electron chi connectivity index (χ1n) is 9.39. The smallest absolute Gasteiger partial charge is 0.221 e. The van der Waals surface area contributed by atoms with Gasteiger partial charge in [0.1, 0.15) is 5.60 Å². The topological polar surface area (TPSA) is 84.9 Å². The molecule has 3 rings (SSSR count). The highest BCUT2D eigenvalue weighted by Crippen LogP contribution is 2.33. The van der Waals surface area contributed by atoms with Crippen molar-refractivity contribution in [3.63, 3.8) is 0 Å². The quantitative estimate of drug-likeness (QED) is 0.788. The molecule has 0 bridgehead atoms. The maximum absolute atomic E-state index is 12.6. The lowest BCUT2D eigenvalue weighted by molar-refractivity contribution is -0.135. The number of hydrogen-bond acceptors (Lipinski definition) is 6. The van der Waals surface area contributed by atoms with Gasteiger partial charge in [0, 0.05) is 38.7 Å². The Labute approximate surface area is 160 Å². The predicted octanol–water partition coefficient (Wildman–Crippen LogP) is 1.69. The van der Waals surface area contributed by atoms with Gasteiger partial charge in [0.05, 0.1) is 23.4 Å². The fourth-order valence-corrected chi connectivity index (χ4v) is 5.07. The lowest BCUT2D eigenvalue weighted by Gasteiger charge is -2.42. The van der Waals surface area contributed by atoms with Gasteiger partial charge in [0.2, 0.25) is 5.91 Å². The number of nitrogens with one attached hydrogen (secondary N) is 1. The summed E-state index contributed by atoms with van der Waals surface area (Å²) in [5.74, 6) is -0.0843. The summed E-state index contributed by atoms with van der Waals surface area (Å²) >= 11 is 0. The highest BCUT2D eigenvalue weighted by Gasteiger charge is 2.45. The number of rotatable bonds is 6. The fourth-order valence-electron chi connectivity index (χ4n) is 3.78. The van der Waals surface area contributed by atoms with Gasteiger partial charge in [-0.1, -0.05) is 0 Å². The van der Waals surface area contributed by atoms with Crippen molar-refractivity contribution in [3.05, 3.63) is 24.3 Å². The van der Waals surface area contributed by atoms with Gasteiger partial charge < -0.3 is 14.8 Å². The van der Waals surface area contributed by atoms with E-state index in [0.29, 0.717) is 18.7 Å². The molecule has 0 saturated carbocycles. The molecule has 7 nitrogen and oxygen atoms in total. The van der Waals surface area contributed by atoms with Gasteiger partial charge in [-0.25, -0.2) is 8.42 Å². The van der Waals surface area contributed by atoms with E-state index in [0.717, 1.165) is 32.7 Å². The molecule has 1 aromatic rings. The molecule has 2 aliphatic rings. The zero-order valence-corrected chi connectivity index (χ0v) is 16.8. The molecule has 1 spiro atoms. The van der Waals surface area contributed by atoms with Crippen LogP contribution in [0, 0.1) is 0 Å². The second-order valence-electron chi connectivity index (χ2n) is 7.33. The second kappa shape index (κ2) is 8.26. The van der Waals surface area contributed by atoms with Crippen LogP contribution in [0.3, 0.4) is 0 Å². The highest BCUT2D eigenvalue weighted by atomic mass is 32.2. The number of sulfone groups is 1. The third-order valence-electron chi connectivity index (χ3n) is 5.34. The molecule has 2 atom stereocenters. The summed E-state index contributed by atoms with van der Waals surface area (Å²) in [4.78, 5) is 13.6. The summed E-state index contributed by atoms with van der Waals surface area (Å²) < 4.78 is 36.8. The molecule has 2 fully saturated rings. The lowest BCUT2D eigenvalue weighted by Crippen LogP contribution is -2.55. The minimum absolute atomic E-state index is 0.0751. The Balaban J connectivity index is 1.52. The van der Waals surface area contributed by atoms with Crippen molar-refractivity contribution in [3.8, 4) is 0 Å². The molecule has 27 heavy (non-hydrogen) atoms. The fraction of sp³-hybridized carbons (Fsp3) is 0.632. The summed E-state index contributed by atoms with van der Waals surface area (Å²) in [6, 6.07) is 6.31. The van der Waals surface area contributed by atoms with Crippen molar-refractivity contribution in [2.45, 2.75) is 43.3 Å². The number of amides is 1. The zero-order valence-electron chi connectivity index (χ0n) is 15.9. The Kier molecular flexibility index (Phi) is 6.20. The summed E-state index contributed by atoms with van der Waals surface area (Å²) in [6.07, 6.45) is 1.54. The normalized spacial score (nSPS) is 26.4. The number of carbonyl (C=O) groups excluding carboxylic acids is 1. The van der Waals surface area contributed by atoms with Crippen molar-refractivity contribution in [1.29, 1.82) is 0 Å². The molecule has 0 aliphatic carbocycles. The maximum atomic E-state index is 12.6. The summed E-state index contributed by atoms with van der Waals surface area (Å²) in [5.41, 5.74) is 0.351. The average molecular weight is 397 g/mol. The van der Waals surface area contributed by atoms with Crippen LogP contribution < -0.4 is 5.32 Å². The van der Waals surface area contributed by atoms with Gasteiger partial charge in [-0.05, 0) is 44.2 Å². The standard InChI is InChI=1S/C19H28N2O5S/c1-15-19(8-11-25-15)14-21(10-12-26-19)9-3-13-27(23,24)18-6-4-17(5-7-18)20-16(2)22/h4-7,15H,3,8-14H2,1-2H3,(H,20,22). The van der Waals surface area contributed by atoms with E-state index in [-0.39, 0.29) is 28.3 Å². The van der Waals surface area contributed by atoms with E-state index in [9.17, 15) is 13.2 Å². The van der Waals surface area contributed by atoms with E-state index in [1.165, 1.54) is 6.92 Å². The first kappa shape index (κ1) is 20.3. The molecule has 150 valence electrons. The molecule has 2 unspecified atom stereocenters. The van der Waals surface area contributed by atoms with Crippen LogP contribution in [-0.2, 0) is 24.1 Å². The molecule has 2 heterocycles. The largest absolute Gasteiger partial charge is 0.375 e. The molecule has 1 amide bonds. The zero-order chi connectivity index (χ0) is 19.5. The van der Waals surface area contributed by atoms with Gasteiger partial charge in [0.15, 0.2) is 9.84 Å². The monoisotopic (exact) mass is 396 g/mol. The molecule has 2 saturated heterocycles. The minimum atomic E-state index is -3.34. The molecule has 1 aromatic carbocycles. The number of nitrogens with zero attached hydrogens (tertiary/aromatic N) is 1. The number of ether oxygens (including phenoxy) is 2. The van der Waals surface area contributed by atoms with Crippen LogP contribution >= 0.6 is 0 Å². The summed E-state index contributed by atoms with van der Waals surface area (Å²) in [5, 5.41) is 2.63. The van der Waals surface area contributed by atoms with Crippen LogP contribution in [0.15, 0.2) is 29.2 Å². The minimum Gasteiger partial charge on any atom is -0.375 e. The Morgan fingerprint density at radius 1 is 1.30 bits per heavy atom. The number of benzene rings is 1. The Morgan fingerprint density at radius 2 is 2.04 bits per heavy atom. The molecule has 1 N–H and O–H groups in total. The van der Waals surface area contributed by atoms with Crippen LogP contribution in [-0.4, -0.2) is 69.5 Å². The van der Waals surface area contributed by atoms with Crippen molar-refractivity contribution in [2.75, 3.05) is 43.9 Å². The predicted molar refractivity (Wildman–Crippen MR) is 103 cm³/mol. The van der Waals surface area contributed by atoms with Gasteiger partial charge in [-0.3, -0.25) is 9.69 Å². The Morgan fingerprint density at radius 3 is 2.67 bits per heavy atom.